The molecule has 8 nitrogen and oxygen atoms in total. The third kappa shape index (κ3) is 6.47. The molecule has 2 aromatic rings. The quantitative estimate of drug-likeness (QED) is 0.500. The molecule has 216 valence electrons. The third-order valence-electron chi connectivity index (χ3n) is 9.27. The van der Waals surface area contributed by atoms with Gasteiger partial charge in [0.15, 0.2) is 0 Å². The molecule has 3 heterocycles. The van der Waals surface area contributed by atoms with Crippen LogP contribution < -0.4 is 9.46 Å². The average Bonchev–Trinajstić information content (AvgIpc) is 3.57. The number of piperazine rings is 1. The van der Waals surface area contributed by atoms with Gasteiger partial charge in [-0.05, 0) is 87.2 Å². The lowest BCUT2D eigenvalue weighted by Gasteiger charge is -2.43. The van der Waals surface area contributed by atoms with Gasteiger partial charge in [0, 0.05) is 49.4 Å². The molecule has 0 spiro atoms. The summed E-state index contributed by atoms with van der Waals surface area (Å²) in [7, 11) is -3.29. The molecule has 2 bridgehead atoms. The SMILES string of the molecule is CS(=O)(=O)Nc1ccc(Oc2ccc(CN3CCC(N4CC5CC4CN5C(=O)C4CCCCC4)CC3)cc2)cc1. The Morgan fingerprint density at radius 1 is 0.850 bits per heavy atom. The van der Waals surface area contributed by atoms with Crippen molar-refractivity contribution < 1.29 is 17.9 Å². The van der Waals surface area contributed by atoms with Crippen LogP contribution in [0, 0.1) is 5.92 Å². The van der Waals surface area contributed by atoms with Crippen LogP contribution in [0.1, 0.15) is 56.9 Å². The van der Waals surface area contributed by atoms with Crippen molar-refractivity contribution in [3.63, 3.8) is 0 Å². The maximum absolute atomic E-state index is 13.1. The predicted octanol–water partition coefficient (Wildman–Crippen LogP) is 4.68. The van der Waals surface area contributed by atoms with Gasteiger partial charge in [0.25, 0.3) is 0 Å². The van der Waals surface area contributed by atoms with Crippen LogP contribution in [0.4, 0.5) is 5.69 Å². The lowest BCUT2D eigenvalue weighted by molar-refractivity contribution is -0.139. The molecule has 1 N–H and O–H groups in total. The van der Waals surface area contributed by atoms with Gasteiger partial charge in [0.1, 0.15) is 11.5 Å². The first-order valence-corrected chi connectivity index (χ1v) is 16.8. The monoisotopic (exact) mass is 566 g/mol. The first-order chi connectivity index (χ1) is 19.3. The number of benzene rings is 2. The molecule has 40 heavy (non-hydrogen) atoms. The molecule has 3 aliphatic heterocycles. The van der Waals surface area contributed by atoms with E-state index in [2.05, 4.69) is 31.6 Å². The number of nitrogens with one attached hydrogen (secondary N) is 1. The van der Waals surface area contributed by atoms with Crippen LogP contribution in [-0.4, -0.2) is 79.6 Å². The number of ether oxygens (including phenoxy) is 1. The molecule has 2 aromatic carbocycles. The first kappa shape index (κ1) is 27.5. The number of likely N-dealkylation sites (tertiary alicyclic amines) is 3. The summed E-state index contributed by atoms with van der Waals surface area (Å²) in [6.07, 6.45) is 10.7. The summed E-state index contributed by atoms with van der Waals surface area (Å²) in [5.41, 5.74) is 1.79. The van der Waals surface area contributed by atoms with E-state index in [9.17, 15) is 13.2 Å². The summed E-state index contributed by atoms with van der Waals surface area (Å²) in [6.45, 7) is 5.18. The highest BCUT2D eigenvalue weighted by molar-refractivity contribution is 7.92. The Bertz CT molecular complexity index is 1270. The number of rotatable bonds is 8. The minimum Gasteiger partial charge on any atom is -0.457 e. The molecule has 4 fully saturated rings. The van der Waals surface area contributed by atoms with Crippen molar-refractivity contribution in [3.05, 3.63) is 54.1 Å². The molecule has 4 aliphatic rings. The Kier molecular flexibility index (Phi) is 8.06. The maximum Gasteiger partial charge on any atom is 0.229 e. The lowest BCUT2D eigenvalue weighted by atomic mass is 9.88. The molecule has 1 aliphatic carbocycles. The molecule has 2 atom stereocenters. The number of carbonyl (C=O) groups excluding carboxylic acids is 1. The van der Waals surface area contributed by atoms with Gasteiger partial charge in [-0.1, -0.05) is 31.4 Å². The van der Waals surface area contributed by atoms with Gasteiger partial charge in [-0.2, -0.15) is 0 Å². The number of fused-ring (bicyclic) bond motifs is 2. The zero-order chi connectivity index (χ0) is 27.7. The summed E-state index contributed by atoms with van der Waals surface area (Å²) in [5, 5.41) is 0. The molecule has 3 saturated heterocycles. The fourth-order valence-corrected chi connectivity index (χ4v) is 7.83. The summed E-state index contributed by atoms with van der Waals surface area (Å²) in [5.74, 6) is 2.17. The molecule has 0 aromatic heterocycles. The standard InChI is InChI=1S/C31H42N4O4S/c1-40(37,38)32-25-9-13-30(14-10-25)39-29-11-7-23(8-12-29)20-33-17-15-26(16-18-33)34-21-28-19-27(34)22-35(28)31(36)24-5-3-2-4-6-24/h7-14,24,26-28,32H,2-6,15-22H2,1H3. The topological polar surface area (TPSA) is 82.2 Å². The highest BCUT2D eigenvalue weighted by Gasteiger charge is 2.48. The zero-order valence-electron chi connectivity index (χ0n) is 23.5. The zero-order valence-corrected chi connectivity index (χ0v) is 24.3. The van der Waals surface area contributed by atoms with Crippen LogP contribution >= 0.6 is 0 Å². The van der Waals surface area contributed by atoms with Crippen molar-refractivity contribution in [1.82, 2.24) is 14.7 Å². The van der Waals surface area contributed by atoms with Gasteiger partial charge in [-0.15, -0.1) is 0 Å². The minimum absolute atomic E-state index is 0.295. The van der Waals surface area contributed by atoms with Crippen LogP contribution in [-0.2, 0) is 21.4 Å². The molecule has 0 radical (unpaired) electrons. The molecule has 1 amide bonds. The Hall–Kier alpha value is -2.62. The van der Waals surface area contributed by atoms with Crippen molar-refractivity contribution in [2.45, 2.75) is 76.0 Å². The van der Waals surface area contributed by atoms with E-state index in [-0.39, 0.29) is 0 Å². The fourth-order valence-electron chi connectivity index (χ4n) is 7.27. The molecular formula is C31H42N4O4S. The smallest absolute Gasteiger partial charge is 0.229 e. The second-order valence-corrected chi connectivity index (χ2v) is 14.0. The normalized spacial score (nSPS) is 24.9. The van der Waals surface area contributed by atoms with Crippen LogP contribution in [0.3, 0.4) is 0 Å². The maximum atomic E-state index is 13.1. The largest absolute Gasteiger partial charge is 0.457 e. The molecule has 9 heteroatoms. The number of hydrogen-bond acceptors (Lipinski definition) is 6. The third-order valence-corrected chi connectivity index (χ3v) is 9.88. The van der Waals surface area contributed by atoms with Crippen molar-refractivity contribution in [2.24, 2.45) is 5.92 Å². The fraction of sp³-hybridized carbons (Fsp3) is 0.581. The summed E-state index contributed by atoms with van der Waals surface area (Å²) in [6, 6.07) is 16.8. The Morgan fingerprint density at radius 3 is 2.10 bits per heavy atom. The number of anilines is 1. The highest BCUT2D eigenvalue weighted by Crippen LogP contribution is 2.37. The lowest BCUT2D eigenvalue weighted by Crippen LogP contribution is -2.55. The van der Waals surface area contributed by atoms with Crippen LogP contribution in [0.5, 0.6) is 11.5 Å². The number of amides is 1. The Balaban J connectivity index is 0.944. The van der Waals surface area contributed by atoms with E-state index in [1.165, 1.54) is 44.1 Å². The van der Waals surface area contributed by atoms with E-state index >= 15 is 0 Å². The Labute approximate surface area is 238 Å². The minimum atomic E-state index is -3.29. The summed E-state index contributed by atoms with van der Waals surface area (Å²) >= 11 is 0. The van der Waals surface area contributed by atoms with Crippen LogP contribution in [0.15, 0.2) is 48.5 Å². The van der Waals surface area contributed by atoms with Crippen molar-refractivity contribution >= 4 is 21.6 Å². The molecular weight excluding hydrogens is 524 g/mol. The number of sulfonamides is 1. The second kappa shape index (κ2) is 11.7. The van der Waals surface area contributed by atoms with E-state index in [1.54, 1.807) is 24.3 Å². The van der Waals surface area contributed by atoms with Gasteiger partial charge in [-0.25, -0.2) is 8.42 Å². The van der Waals surface area contributed by atoms with E-state index < -0.39 is 10.0 Å². The number of carbonyl (C=O) groups is 1. The molecule has 2 unspecified atom stereocenters. The van der Waals surface area contributed by atoms with Crippen molar-refractivity contribution in [2.75, 3.05) is 37.2 Å². The Morgan fingerprint density at radius 2 is 1.50 bits per heavy atom. The number of piperidine rings is 1. The van der Waals surface area contributed by atoms with Gasteiger partial charge in [0.05, 0.1) is 6.26 Å². The van der Waals surface area contributed by atoms with E-state index in [0.717, 1.165) is 57.6 Å². The second-order valence-electron chi connectivity index (χ2n) is 12.2. The van der Waals surface area contributed by atoms with Crippen molar-refractivity contribution in [1.29, 1.82) is 0 Å². The van der Waals surface area contributed by atoms with Gasteiger partial charge >= 0.3 is 0 Å². The van der Waals surface area contributed by atoms with Gasteiger partial charge in [-0.3, -0.25) is 19.3 Å². The van der Waals surface area contributed by atoms with E-state index in [1.807, 2.05) is 12.1 Å². The summed E-state index contributed by atoms with van der Waals surface area (Å²) < 4.78 is 31.1. The van der Waals surface area contributed by atoms with Gasteiger partial charge in [0.2, 0.25) is 15.9 Å². The highest BCUT2D eigenvalue weighted by atomic mass is 32.2. The van der Waals surface area contributed by atoms with Gasteiger partial charge < -0.3 is 9.64 Å². The van der Waals surface area contributed by atoms with Crippen LogP contribution in [0.25, 0.3) is 0 Å². The predicted molar refractivity (Wildman–Crippen MR) is 157 cm³/mol. The summed E-state index contributed by atoms with van der Waals surface area (Å²) in [4.78, 5) is 20.7. The van der Waals surface area contributed by atoms with E-state index in [0.29, 0.717) is 41.4 Å². The van der Waals surface area contributed by atoms with Crippen LogP contribution in [0.2, 0.25) is 0 Å². The molecule has 1 saturated carbocycles. The van der Waals surface area contributed by atoms with Crippen molar-refractivity contribution in [3.8, 4) is 11.5 Å². The van der Waals surface area contributed by atoms with E-state index in [4.69, 9.17) is 4.74 Å². The number of hydrogen-bond donors (Lipinski definition) is 1. The first-order valence-electron chi connectivity index (χ1n) is 14.9. The number of nitrogens with zero attached hydrogens (tertiary/aromatic N) is 3. The molecule has 6 rings (SSSR count). The average molecular weight is 567 g/mol.